The van der Waals surface area contributed by atoms with Gasteiger partial charge in [0.25, 0.3) is 0 Å². The molecule has 0 N–H and O–H groups in total. The number of para-hydroxylation sites is 2. The van der Waals surface area contributed by atoms with Gasteiger partial charge in [0.05, 0.1) is 16.8 Å². The molecule has 0 saturated heterocycles. The molecule has 12 rings (SSSR count). The summed E-state index contributed by atoms with van der Waals surface area (Å²) in [5.41, 5.74) is 17.7. The maximum atomic E-state index is 7.23. The van der Waals surface area contributed by atoms with Gasteiger partial charge in [0.2, 0.25) is 0 Å². The zero-order valence-corrected chi connectivity index (χ0v) is 31.7. The van der Waals surface area contributed by atoms with Gasteiger partial charge in [-0.15, -0.1) is 0 Å². The highest BCUT2D eigenvalue weighted by molar-refractivity contribution is 5.98. The maximum absolute atomic E-state index is 7.23. The van der Waals surface area contributed by atoms with Crippen molar-refractivity contribution in [3.63, 3.8) is 0 Å². The standard InChI is InChI=1S/C55H37NO2/c1-3-16-36(17-4-1)37-30-32-39(33-31-37)56(49-27-14-10-20-40(49)38-18-5-2-6-19-38)50-28-15-29-51-54(50)58-53-35-48-44(34-52(53)57-51)43-23-9-13-26-47(43)55(48)45-24-11-7-21-41(45)42-22-8-12-25-46(42)55/h1-11,13-24,26-35H,12,25H2. The lowest BCUT2D eigenvalue weighted by Gasteiger charge is -2.34. The summed E-state index contributed by atoms with van der Waals surface area (Å²) in [7, 11) is 0. The molecule has 1 spiro atoms. The molecule has 0 radical (unpaired) electrons. The van der Waals surface area contributed by atoms with E-state index in [1.807, 2.05) is 6.07 Å². The number of nitrogens with zero attached hydrogens (tertiary/aromatic N) is 1. The molecule has 3 nitrogen and oxygen atoms in total. The number of allylic oxidation sites excluding steroid dienone is 4. The number of rotatable bonds is 5. The van der Waals surface area contributed by atoms with Gasteiger partial charge >= 0.3 is 0 Å². The molecule has 0 fully saturated rings. The van der Waals surface area contributed by atoms with Crippen LogP contribution < -0.4 is 14.4 Å². The Hall–Kier alpha value is -7.36. The lowest BCUT2D eigenvalue weighted by molar-refractivity contribution is 0.360. The highest BCUT2D eigenvalue weighted by atomic mass is 16.6. The van der Waals surface area contributed by atoms with Gasteiger partial charge in [-0.3, -0.25) is 0 Å². The van der Waals surface area contributed by atoms with Crippen LogP contribution in [0, 0.1) is 0 Å². The molecule has 8 aromatic rings. The number of fused-ring (bicyclic) bond motifs is 11. The molecule has 1 heterocycles. The summed E-state index contributed by atoms with van der Waals surface area (Å²) in [6.45, 7) is 0. The molecule has 0 bridgehead atoms. The lowest BCUT2D eigenvalue weighted by atomic mass is 9.68. The van der Waals surface area contributed by atoms with Crippen LogP contribution in [0.2, 0.25) is 0 Å². The van der Waals surface area contributed by atoms with Gasteiger partial charge in [-0.05, 0) is 117 Å². The van der Waals surface area contributed by atoms with E-state index < -0.39 is 5.41 Å². The average molecular weight is 744 g/mol. The van der Waals surface area contributed by atoms with Crippen molar-refractivity contribution in [1.82, 2.24) is 0 Å². The summed E-state index contributed by atoms with van der Waals surface area (Å²) in [5, 5.41) is 0. The third kappa shape index (κ3) is 4.74. The first-order valence-corrected chi connectivity index (χ1v) is 20.1. The quantitative estimate of drug-likeness (QED) is 0.175. The lowest BCUT2D eigenvalue weighted by Crippen LogP contribution is -2.27. The number of hydrogen-bond donors (Lipinski definition) is 0. The van der Waals surface area contributed by atoms with Crippen LogP contribution in [0.3, 0.4) is 0 Å². The minimum atomic E-state index is -0.401. The normalized spacial score (nSPS) is 16.3. The first-order chi connectivity index (χ1) is 28.8. The fourth-order valence-corrected chi connectivity index (χ4v) is 10.0. The second kappa shape index (κ2) is 12.8. The van der Waals surface area contributed by atoms with Crippen molar-refractivity contribution in [2.45, 2.75) is 18.3 Å². The van der Waals surface area contributed by atoms with Crippen molar-refractivity contribution < 1.29 is 9.47 Å². The highest BCUT2D eigenvalue weighted by Crippen LogP contribution is 2.65. The predicted octanol–water partition coefficient (Wildman–Crippen LogP) is 14.8. The van der Waals surface area contributed by atoms with Crippen LogP contribution in [0.4, 0.5) is 17.1 Å². The first-order valence-electron chi connectivity index (χ1n) is 20.1. The molecule has 0 aromatic heterocycles. The second-order valence-corrected chi connectivity index (χ2v) is 15.5. The van der Waals surface area contributed by atoms with Gasteiger partial charge in [-0.25, -0.2) is 0 Å². The molecule has 58 heavy (non-hydrogen) atoms. The van der Waals surface area contributed by atoms with Gasteiger partial charge in [0.1, 0.15) is 0 Å². The monoisotopic (exact) mass is 743 g/mol. The van der Waals surface area contributed by atoms with E-state index in [0.717, 1.165) is 58.1 Å². The van der Waals surface area contributed by atoms with Crippen molar-refractivity contribution in [2.24, 2.45) is 0 Å². The minimum absolute atomic E-state index is 0.401. The Labute approximate surface area is 338 Å². The SMILES string of the molecule is C1=CC2=C(CC1)C1(c3ccccc32)c2ccccc2-c2cc3c(cc21)Oc1c(cccc1N(c1ccc(-c2ccccc2)cc1)c1ccccc1-c1ccccc1)O3. The summed E-state index contributed by atoms with van der Waals surface area (Å²) < 4.78 is 14.1. The third-order valence-corrected chi connectivity index (χ3v) is 12.4. The van der Waals surface area contributed by atoms with E-state index in [9.17, 15) is 0 Å². The minimum Gasteiger partial charge on any atom is -0.449 e. The average Bonchev–Trinajstić information content (AvgIpc) is 3.75. The van der Waals surface area contributed by atoms with Crippen LogP contribution in [0.5, 0.6) is 23.0 Å². The van der Waals surface area contributed by atoms with Gasteiger partial charge in [-0.1, -0.05) is 158 Å². The summed E-state index contributed by atoms with van der Waals surface area (Å²) in [5.74, 6) is 2.81. The van der Waals surface area contributed by atoms with Crippen molar-refractivity contribution in [3.8, 4) is 56.4 Å². The molecular weight excluding hydrogens is 707 g/mol. The van der Waals surface area contributed by atoms with Crippen molar-refractivity contribution in [2.75, 3.05) is 4.90 Å². The fraction of sp³-hybridized carbons (Fsp3) is 0.0545. The summed E-state index contributed by atoms with van der Waals surface area (Å²) in [6, 6.07) is 67.2. The van der Waals surface area contributed by atoms with E-state index >= 15 is 0 Å². The van der Waals surface area contributed by atoms with Crippen LogP contribution >= 0.6 is 0 Å². The van der Waals surface area contributed by atoms with Crippen LogP contribution in [0.25, 0.3) is 39.0 Å². The molecule has 4 aliphatic rings. The highest BCUT2D eigenvalue weighted by Gasteiger charge is 2.53. The topological polar surface area (TPSA) is 21.7 Å². The molecule has 8 aromatic carbocycles. The van der Waals surface area contributed by atoms with E-state index in [1.165, 1.54) is 50.1 Å². The largest absolute Gasteiger partial charge is 0.449 e. The van der Waals surface area contributed by atoms with Gasteiger partial charge < -0.3 is 14.4 Å². The Morgan fingerprint density at radius 1 is 0.431 bits per heavy atom. The van der Waals surface area contributed by atoms with E-state index in [2.05, 4.69) is 199 Å². The van der Waals surface area contributed by atoms with E-state index in [1.54, 1.807) is 0 Å². The van der Waals surface area contributed by atoms with Gasteiger partial charge in [0.15, 0.2) is 23.0 Å². The van der Waals surface area contributed by atoms with Crippen molar-refractivity contribution >= 4 is 22.6 Å². The Balaban J connectivity index is 1.04. The van der Waals surface area contributed by atoms with E-state index in [4.69, 9.17) is 9.47 Å². The predicted molar refractivity (Wildman–Crippen MR) is 236 cm³/mol. The molecule has 0 saturated carbocycles. The summed E-state index contributed by atoms with van der Waals surface area (Å²) in [6.07, 6.45) is 6.71. The molecule has 1 atom stereocenters. The second-order valence-electron chi connectivity index (χ2n) is 15.5. The van der Waals surface area contributed by atoms with Gasteiger partial charge in [-0.2, -0.15) is 0 Å². The zero-order valence-electron chi connectivity index (χ0n) is 31.7. The molecule has 3 aliphatic carbocycles. The number of hydrogen-bond acceptors (Lipinski definition) is 3. The first kappa shape index (κ1) is 32.8. The Morgan fingerprint density at radius 2 is 1.05 bits per heavy atom. The molecule has 3 heteroatoms. The van der Waals surface area contributed by atoms with Crippen LogP contribution in [-0.2, 0) is 5.41 Å². The van der Waals surface area contributed by atoms with E-state index in [-0.39, 0.29) is 0 Å². The molecule has 274 valence electrons. The number of benzene rings is 8. The third-order valence-electron chi connectivity index (χ3n) is 12.4. The number of anilines is 3. The van der Waals surface area contributed by atoms with Crippen LogP contribution in [0.1, 0.15) is 35.1 Å². The molecular formula is C55H37NO2. The molecule has 0 amide bonds. The van der Waals surface area contributed by atoms with Crippen molar-refractivity contribution in [3.05, 3.63) is 228 Å². The maximum Gasteiger partial charge on any atom is 0.194 e. The molecule has 1 unspecified atom stereocenters. The van der Waals surface area contributed by atoms with Crippen LogP contribution in [0.15, 0.2) is 206 Å². The summed E-state index contributed by atoms with van der Waals surface area (Å²) in [4.78, 5) is 2.31. The van der Waals surface area contributed by atoms with Gasteiger partial charge in [0, 0.05) is 11.3 Å². The Kier molecular flexibility index (Phi) is 7.27. The van der Waals surface area contributed by atoms with Crippen LogP contribution in [-0.4, -0.2) is 0 Å². The Bertz CT molecular complexity index is 3000. The van der Waals surface area contributed by atoms with E-state index in [0.29, 0.717) is 11.5 Å². The molecule has 1 aliphatic heterocycles. The fourth-order valence-electron chi connectivity index (χ4n) is 10.0. The summed E-state index contributed by atoms with van der Waals surface area (Å²) >= 11 is 0. The zero-order chi connectivity index (χ0) is 38.2. The van der Waals surface area contributed by atoms with Crippen molar-refractivity contribution in [1.29, 1.82) is 0 Å². The number of ether oxygens (including phenoxy) is 2. The Morgan fingerprint density at radius 3 is 1.84 bits per heavy atom. The smallest absolute Gasteiger partial charge is 0.194 e.